The topological polar surface area (TPSA) is 107 Å². The lowest BCUT2D eigenvalue weighted by molar-refractivity contribution is -0.138. The molecule has 0 bridgehead atoms. The van der Waals surface area contributed by atoms with Crippen LogP contribution in [0, 0.1) is 0 Å². The molecule has 0 aliphatic rings. The van der Waals surface area contributed by atoms with Crippen LogP contribution in [0.4, 0.5) is 0 Å². The average molecular weight is 203 g/mol. The Hall–Kier alpha value is -1.14. The second-order valence-electron chi connectivity index (χ2n) is 3.15. The van der Waals surface area contributed by atoms with Crippen LogP contribution in [0.1, 0.15) is 26.2 Å². The molecule has 0 aromatic rings. The largest absolute Gasteiger partial charge is 0.368 e. The number of nitrogens with one attached hydrogen (secondary N) is 1. The second-order valence-corrected chi connectivity index (χ2v) is 3.15. The molecule has 0 saturated carbocycles. The van der Waals surface area contributed by atoms with Gasteiger partial charge in [-0.1, -0.05) is 0 Å². The van der Waals surface area contributed by atoms with Crippen LogP contribution in [0.5, 0.6) is 0 Å². The van der Waals surface area contributed by atoms with Crippen molar-refractivity contribution in [2.24, 2.45) is 11.5 Å². The zero-order valence-corrected chi connectivity index (χ0v) is 8.29. The second kappa shape index (κ2) is 7.28. The van der Waals surface area contributed by atoms with Crippen molar-refractivity contribution in [1.82, 2.24) is 5.48 Å². The summed E-state index contributed by atoms with van der Waals surface area (Å²) >= 11 is 0. The number of carbonyl (C=O) groups is 2. The number of primary amides is 1. The molecule has 14 heavy (non-hydrogen) atoms. The molecule has 0 aliphatic heterocycles. The highest BCUT2D eigenvalue weighted by Gasteiger charge is 2.03. The van der Waals surface area contributed by atoms with E-state index >= 15 is 0 Å². The Bertz CT molecular complexity index is 194. The summed E-state index contributed by atoms with van der Waals surface area (Å²) < 4.78 is 0. The van der Waals surface area contributed by atoms with Gasteiger partial charge in [0, 0.05) is 12.5 Å². The molecule has 0 heterocycles. The van der Waals surface area contributed by atoms with Crippen LogP contribution >= 0.6 is 0 Å². The van der Waals surface area contributed by atoms with E-state index in [-0.39, 0.29) is 18.6 Å². The molecule has 6 nitrogen and oxygen atoms in total. The minimum atomic E-state index is -0.624. The van der Waals surface area contributed by atoms with Gasteiger partial charge in [0.2, 0.25) is 11.8 Å². The van der Waals surface area contributed by atoms with E-state index in [0.717, 1.165) is 6.42 Å². The zero-order chi connectivity index (χ0) is 11.0. The SMILES string of the molecule is CC(N)CCCC(=O)NOCC(N)=O. The summed E-state index contributed by atoms with van der Waals surface area (Å²) in [5.74, 6) is -0.896. The number of rotatable bonds is 7. The van der Waals surface area contributed by atoms with Gasteiger partial charge in [0.25, 0.3) is 0 Å². The first-order chi connectivity index (χ1) is 6.52. The summed E-state index contributed by atoms with van der Waals surface area (Å²) in [5.41, 5.74) is 12.4. The Morgan fingerprint density at radius 1 is 1.50 bits per heavy atom. The fourth-order valence-electron chi connectivity index (χ4n) is 0.823. The van der Waals surface area contributed by atoms with Crippen molar-refractivity contribution in [3.63, 3.8) is 0 Å². The molecular formula is C8H17N3O3. The number of hydroxylamine groups is 1. The molecule has 1 unspecified atom stereocenters. The van der Waals surface area contributed by atoms with E-state index in [1.165, 1.54) is 0 Å². The molecule has 0 aliphatic carbocycles. The zero-order valence-electron chi connectivity index (χ0n) is 8.29. The van der Waals surface area contributed by atoms with Gasteiger partial charge >= 0.3 is 0 Å². The summed E-state index contributed by atoms with van der Waals surface area (Å²) in [6.07, 6.45) is 1.81. The lowest BCUT2D eigenvalue weighted by Gasteiger charge is -2.05. The van der Waals surface area contributed by atoms with Gasteiger partial charge < -0.3 is 11.5 Å². The molecular weight excluding hydrogens is 186 g/mol. The van der Waals surface area contributed by atoms with E-state index in [4.69, 9.17) is 11.5 Å². The van der Waals surface area contributed by atoms with Crippen LogP contribution in [-0.4, -0.2) is 24.5 Å². The van der Waals surface area contributed by atoms with Gasteiger partial charge in [0.05, 0.1) is 0 Å². The number of hydrogen-bond acceptors (Lipinski definition) is 4. The molecule has 0 aromatic heterocycles. The predicted molar refractivity (Wildman–Crippen MR) is 50.8 cm³/mol. The van der Waals surface area contributed by atoms with Gasteiger partial charge in [-0.05, 0) is 19.8 Å². The predicted octanol–water partition coefficient (Wildman–Crippen LogP) is -0.963. The van der Waals surface area contributed by atoms with Gasteiger partial charge in [0.15, 0.2) is 6.61 Å². The van der Waals surface area contributed by atoms with Crippen molar-refractivity contribution in [2.75, 3.05) is 6.61 Å². The van der Waals surface area contributed by atoms with Crippen molar-refractivity contribution in [3.05, 3.63) is 0 Å². The van der Waals surface area contributed by atoms with Crippen LogP contribution in [0.2, 0.25) is 0 Å². The summed E-state index contributed by atoms with van der Waals surface area (Å²) in [5, 5.41) is 0. The third kappa shape index (κ3) is 8.95. The van der Waals surface area contributed by atoms with E-state index in [1.807, 2.05) is 6.92 Å². The maximum Gasteiger partial charge on any atom is 0.246 e. The molecule has 6 heteroatoms. The van der Waals surface area contributed by atoms with Crippen LogP contribution < -0.4 is 16.9 Å². The van der Waals surface area contributed by atoms with E-state index in [0.29, 0.717) is 12.8 Å². The van der Waals surface area contributed by atoms with Crippen LogP contribution in [-0.2, 0) is 14.4 Å². The quantitative estimate of drug-likeness (QED) is 0.463. The standard InChI is InChI=1S/C8H17N3O3/c1-6(9)3-2-4-8(13)11-14-5-7(10)12/h6H,2-5,9H2,1H3,(H2,10,12)(H,11,13). The summed E-state index contributed by atoms with van der Waals surface area (Å²) in [4.78, 5) is 25.7. The van der Waals surface area contributed by atoms with Gasteiger partial charge in [0.1, 0.15) is 0 Å². The minimum absolute atomic E-state index is 0.0920. The van der Waals surface area contributed by atoms with E-state index in [1.54, 1.807) is 0 Å². The molecule has 0 spiro atoms. The van der Waals surface area contributed by atoms with Crippen LogP contribution in [0.25, 0.3) is 0 Å². The van der Waals surface area contributed by atoms with Gasteiger partial charge in [-0.25, -0.2) is 5.48 Å². The highest BCUT2D eigenvalue weighted by atomic mass is 16.7. The lowest BCUT2D eigenvalue weighted by Crippen LogP contribution is -2.29. The molecule has 0 radical (unpaired) electrons. The number of carbonyl (C=O) groups excluding carboxylic acids is 2. The Morgan fingerprint density at radius 3 is 2.64 bits per heavy atom. The Balaban J connectivity index is 3.33. The van der Waals surface area contributed by atoms with Crippen molar-refractivity contribution in [1.29, 1.82) is 0 Å². The summed E-state index contributed by atoms with van der Waals surface area (Å²) in [6.45, 7) is 1.57. The molecule has 82 valence electrons. The van der Waals surface area contributed by atoms with E-state index < -0.39 is 5.91 Å². The molecule has 0 aromatic carbocycles. The highest BCUT2D eigenvalue weighted by Crippen LogP contribution is 1.97. The maximum atomic E-state index is 11.0. The van der Waals surface area contributed by atoms with E-state index in [9.17, 15) is 9.59 Å². The molecule has 0 saturated heterocycles. The number of hydrogen-bond donors (Lipinski definition) is 3. The lowest BCUT2D eigenvalue weighted by atomic mass is 10.1. The van der Waals surface area contributed by atoms with Gasteiger partial charge in [-0.15, -0.1) is 0 Å². The van der Waals surface area contributed by atoms with Gasteiger partial charge in [-0.2, -0.15) is 0 Å². The van der Waals surface area contributed by atoms with Crippen molar-refractivity contribution < 1.29 is 14.4 Å². The summed E-state index contributed by atoms with van der Waals surface area (Å²) in [7, 11) is 0. The monoisotopic (exact) mass is 203 g/mol. The minimum Gasteiger partial charge on any atom is -0.368 e. The number of nitrogens with two attached hydrogens (primary N) is 2. The normalized spacial score (nSPS) is 12.1. The first kappa shape index (κ1) is 12.9. The molecule has 1 atom stereocenters. The fraction of sp³-hybridized carbons (Fsp3) is 0.750. The van der Waals surface area contributed by atoms with Gasteiger partial charge in [-0.3, -0.25) is 14.4 Å². The van der Waals surface area contributed by atoms with Crippen molar-refractivity contribution >= 4 is 11.8 Å². The van der Waals surface area contributed by atoms with Crippen LogP contribution in [0.15, 0.2) is 0 Å². The maximum absolute atomic E-state index is 11.0. The molecule has 2 amide bonds. The third-order valence-electron chi connectivity index (χ3n) is 1.46. The third-order valence-corrected chi connectivity index (χ3v) is 1.46. The average Bonchev–Trinajstić information content (AvgIpc) is 2.02. The molecule has 5 N–H and O–H groups in total. The smallest absolute Gasteiger partial charge is 0.246 e. The summed E-state index contributed by atoms with van der Waals surface area (Å²) in [6, 6.07) is 0.0920. The Morgan fingerprint density at radius 2 is 2.14 bits per heavy atom. The van der Waals surface area contributed by atoms with Crippen LogP contribution in [0.3, 0.4) is 0 Å². The Kier molecular flexibility index (Phi) is 6.69. The first-order valence-corrected chi connectivity index (χ1v) is 4.47. The fourth-order valence-corrected chi connectivity index (χ4v) is 0.823. The van der Waals surface area contributed by atoms with Crippen molar-refractivity contribution in [3.8, 4) is 0 Å². The number of amides is 2. The van der Waals surface area contributed by atoms with E-state index in [2.05, 4.69) is 10.3 Å². The molecule has 0 fully saturated rings. The first-order valence-electron chi connectivity index (χ1n) is 4.47. The highest BCUT2D eigenvalue weighted by molar-refractivity contribution is 5.76. The Labute approximate surface area is 82.9 Å². The van der Waals surface area contributed by atoms with Crippen molar-refractivity contribution in [2.45, 2.75) is 32.2 Å². The molecule has 0 rings (SSSR count).